The van der Waals surface area contributed by atoms with Crippen molar-refractivity contribution in [2.24, 2.45) is 0 Å². The number of hydrogen-bond donors (Lipinski definition) is 1. The highest BCUT2D eigenvalue weighted by Gasteiger charge is 2.25. The van der Waals surface area contributed by atoms with E-state index in [9.17, 15) is 0 Å². The van der Waals surface area contributed by atoms with Crippen LogP contribution in [0.5, 0.6) is 0 Å². The molecule has 4 rings (SSSR count). The first-order valence-corrected chi connectivity index (χ1v) is 9.61. The number of para-hydroxylation sites is 2. The zero-order valence-electron chi connectivity index (χ0n) is 15.4. The van der Waals surface area contributed by atoms with Crippen molar-refractivity contribution in [3.05, 3.63) is 60.2 Å². The molecule has 1 aliphatic heterocycles. The van der Waals surface area contributed by atoms with Gasteiger partial charge in [-0.3, -0.25) is 14.8 Å². The normalized spacial score (nSPS) is 18.6. The molecule has 1 N–H and O–H groups in total. The van der Waals surface area contributed by atoms with Crippen molar-refractivity contribution in [1.82, 2.24) is 24.8 Å². The lowest BCUT2D eigenvalue weighted by Gasteiger charge is -2.38. The number of nitrogens with zero attached hydrogens (tertiary/aromatic N) is 4. The topological polar surface area (TPSA) is 48.1 Å². The van der Waals surface area contributed by atoms with Crippen LogP contribution in [0.2, 0.25) is 0 Å². The third-order valence-electron chi connectivity index (χ3n) is 5.35. The summed E-state index contributed by atoms with van der Waals surface area (Å²) in [4.78, 5) is 17.5. The largest absolute Gasteiger partial charge is 0.341 e. The summed E-state index contributed by atoms with van der Waals surface area (Å²) in [5.41, 5.74) is 3.53. The molecule has 0 saturated carbocycles. The van der Waals surface area contributed by atoms with Gasteiger partial charge in [-0.2, -0.15) is 0 Å². The molecule has 1 saturated heterocycles. The molecule has 1 fully saturated rings. The monoisotopic (exact) mass is 349 g/mol. The van der Waals surface area contributed by atoms with Gasteiger partial charge in [0, 0.05) is 31.5 Å². The maximum atomic E-state index is 4.75. The SMILES string of the molecule is CCN(Cc1ccncc1)C1CCCN(Cc2nc3ccccc3[nH]2)C1. The molecule has 136 valence electrons. The number of aromatic nitrogens is 3. The number of benzene rings is 1. The lowest BCUT2D eigenvalue weighted by Crippen LogP contribution is -2.47. The highest BCUT2D eigenvalue weighted by atomic mass is 15.2. The molecule has 1 atom stereocenters. The maximum Gasteiger partial charge on any atom is 0.121 e. The second kappa shape index (κ2) is 7.98. The summed E-state index contributed by atoms with van der Waals surface area (Å²) in [6.45, 7) is 7.50. The fourth-order valence-electron chi connectivity index (χ4n) is 3.99. The Hall–Kier alpha value is -2.24. The van der Waals surface area contributed by atoms with E-state index in [0.717, 1.165) is 49.6 Å². The van der Waals surface area contributed by atoms with Crippen LogP contribution >= 0.6 is 0 Å². The number of fused-ring (bicyclic) bond motifs is 1. The van der Waals surface area contributed by atoms with Gasteiger partial charge in [0.15, 0.2) is 0 Å². The van der Waals surface area contributed by atoms with E-state index >= 15 is 0 Å². The van der Waals surface area contributed by atoms with Crippen molar-refractivity contribution < 1.29 is 0 Å². The number of pyridine rings is 1. The minimum Gasteiger partial charge on any atom is -0.341 e. The number of rotatable bonds is 6. The lowest BCUT2D eigenvalue weighted by atomic mass is 10.0. The molecule has 3 aromatic rings. The van der Waals surface area contributed by atoms with Gasteiger partial charge in [-0.15, -0.1) is 0 Å². The second-order valence-corrected chi connectivity index (χ2v) is 7.15. The second-order valence-electron chi connectivity index (χ2n) is 7.15. The predicted octanol–water partition coefficient (Wildman–Crippen LogP) is 3.44. The molecule has 5 heteroatoms. The van der Waals surface area contributed by atoms with Crippen LogP contribution in [0.15, 0.2) is 48.8 Å². The third-order valence-corrected chi connectivity index (χ3v) is 5.35. The zero-order valence-corrected chi connectivity index (χ0v) is 15.4. The Morgan fingerprint density at radius 1 is 1.19 bits per heavy atom. The number of piperidine rings is 1. The summed E-state index contributed by atoms with van der Waals surface area (Å²) in [6.07, 6.45) is 6.29. The molecule has 0 bridgehead atoms. The van der Waals surface area contributed by atoms with Crippen molar-refractivity contribution in [2.45, 2.75) is 38.9 Å². The Morgan fingerprint density at radius 3 is 2.85 bits per heavy atom. The average molecular weight is 349 g/mol. The molecule has 1 unspecified atom stereocenters. The van der Waals surface area contributed by atoms with Crippen molar-refractivity contribution in [2.75, 3.05) is 19.6 Å². The van der Waals surface area contributed by atoms with Gasteiger partial charge in [0.2, 0.25) is 0 Å². The number of aromatic amines is 1. The Labute approximate surface area is 155 Å². The van der Waals surface area contributed by atoms with Crippen LogP contribution in [-0.2, 0) is 13.1 Å². The molecule has 0 aliphatic carbocycles. The molecular formula is C21H27N5. The number of imidazole rings is 1. The standard InChI is InChI=1S/C21H27N5/c1-2-26(14-17-9-11-22-12-10-17)18-6-5-13-25(15-18)16-21-23-19-7-3-4-8-20(19)24-21/h3-4,7-12,18H,2,5-6,13-16H2,1H3,(H,23,24). The van der Waals surface area contributed by atoms with Crippen molar-refractivity contribution in [3.63, 3.8) is 0 Å². The van der Waals surface area contributed by atoms with Crippen LogP contribution in [-0.4, -0.2) is 50.4 Å². The van der Waals surface area contributed by atoms with E-state index in [1.807, 2.05) is 18.5 Å². The van der Waals surface area contributed by atoms with Crippen molar-refractivity contribution in [3.8, 4) is 0 Å². The van der Waals surface area contributed by atoms with Gasteiger partial charge in [-0.25, -0.2) is 4.98 Å². The summed E-state index contributed by atoms with van der Waals surface area (Å²) in [6, 6.07) is 13.1. The van der Waals surface area contributed by atoms with E-state index in [1.54, 1.807) is 0 Å². The molecule has 0 amide bonds. The predicted molar refractivity (Wildman–Crippen MR) is 105 cm³/mol. The fraction of sp³-hybridized carbons (Fsp3) is 0.429. The molecule has 0 spiro atoms. The number of hydrogen-bond acceptors (Lipinski definition) is 4. The smallest absolute Gasteiger partial charge is 0.121 e. The molecule has 26 heavy (non-hydrogen) atoms. The molecule has 3 heterocycles. The maximum absolute atomic E-state index is 4.75. The van der Waals surface area contributed by atoms with Crippen LogP contribution in [0.25, 0.3) is 11.0 Å². The van der Waals surface area contributed by atoms with Gasteiger partial charge in [-0.05, 0) is 55.8 Å². The fourth-order valence-corrected chi connectivity index (χ4v) is 3.99. The van der Waals surface area contributed by atoms with E-state index in [0.29, 0.717) is 6.04 Å². The number of likely N-dealkylation sites (tertiary alicyclic amines) is 1. The van der Waals surface area contributed by atoms with Crippen LogP contribution in [0.4, 0.5) is 0 Å². The van der Waals surface area contributed by atoms with Crippen molar-refractivity contribution in [1.29, 1.82) is 0 Å². The van der Waals surface area contributed by atoms with Gasteiger partial charge < -0.3 is 4.98 Å². The molecule has 1 aliphatic rings. The summed E-state index contributed by atoms with van der Waals surface area (Å²) in [5, 5.41) is 0. The quantitative estimate of drug-likeness (QED) is 0.740. The minimum atomic E-state index is 0.603. The lowest BCUT2D eigenvalue weighted by molar-refractivity contribution is 0.0904. The highest BCUT2D eigenvalue weighted by molar-refractivity contribution is 5.74. The Balaban J connectivity index is 1.41. The summed E-state index contributed by atoms with van der Waals surface area (Å²) >= 11 is 0. The average Bonchev–Trinajstić information content (AvgIpc) is 3.09. The van der Waals surface area contributed by atoms with Gasteiger partial charge in [0.1, 0.15) is 5.82 Å². The van der Waals surface area contributed by atoms with Gasteiger partial charge in [-0.1, -0.05) is 19.1 Å². The first-order valence-electron chi connectivity index (χ1n) is 9.61. The van der Waals surface area contributed by atoms with E-state index in [4.69, 9.17) is 4.98 Å². The first kappa shape index (κ1) is 17.2. The zero-order chi connectivity index (χ0) is 17.8. The number of likely N-dealkylation sites (N-methyl/N-ethyl adjacent to an activating group) is 1. The van der Waals surface area contributed by atoms with Crippen LogP contribution in [0.3, 0.4) is 0 Å². The van der Waals surface area contributed by atoms with Gasteiger partial charge in [0.25, 0.3) is 0 Å². The van der Waals surface area contributed by atoms with E-state index in [2.05, 4.69) is 57.0 Å². The van der Waals surface area contributed by atoms with E-state index in [-0.39, 0.29) is 0 Å². The van der Waals surface area contributed by atoms with Gasteiger partial charge in [0.05, 0.1) is 17.6 Å². The Morgan fingerprint density at radius 2 is 2.04 bits per heavy atom. The van der Waals surface area contributed by atoms with E-state index < -0.39 is 0 Å². The number of H-pyrrole nitrogens is 1. The summed E-state index contributed by atoms with van der Waals surface area (Å²) < 4.78 is 0. The molecular weight excluding hydrogens is 322 g/mol. The van der Waals surface area contributed by atoms with Crippen LogP contribution in [0.1, 0.15) is 31.2 Å². The van der Waals surface area contributed by atoms with Crippen LogP contribution < -0.4 is 0 Å². The summed E-state index contributed by atoms with van der Waals surface area (Å²) in [7, 11) is 0. The Kier molecular flexibility index (Phi) is 5.27. The highest BCUT2D eigenvalue weighted by Crippen LogP contribution is 2.20. The van der Waals surface area contributed by atoms with Crippen molar-refractivity contribution >= 4 is 11.0 Å². The summed E-state index contributed by atoms with van der Waals surface area (Å²) in [5.74, 6) is 1.07. The molecule has 0 radical (unpaired) electrons. The molecule has 5 nitrogen and oxygen atoms in total. The first-order chi connectivity index (χ1) is 12.8. The third kappa shape index (κ3) is 3.94. The van der Waals surface area contributed by atoms with E-state index in [1.165, 1.54) is 18.4 Å². The van der Waals surface area contributed by atoms with Crippen LogP contribution in [0, 0.1) is 0 Å². The minimum absolute atomic E-state index is 0.603. The number of nitrogens with one attached hydrogen (secondary N) is 1. The molecule has 1 aromatic carbocycles. The van der Waals surface area contributed by atoms with Gasteiger partial charge >= 0.3 is 0 Å². The Bertz CT molecular complexity index is 796. The molecule has 2 aromatic heterocycles.